The van der Waals surface area contributed by atoms with Crippen LogP contribution in [0.4, 0.5) is 13.6 Å². The maximum atomic E-state index is 13.2. The van der Waals surface area contributed by atoms with Crippen LogP contribution in [0, 0.1) is 11.6 Å². The molecule has 1 amide bonds. The first-order valence-corrected chi connectivity index (χ1v) is 5.02. The third-order valence-electron chi connectivity index (χ3n) is 2.47. The molecule has 7 heteroatoms. The molecule has 1 saturated heterocycles. The first-order valence-electron chi connectivity index (χ1n) is 5.02. The Morgan fingerprint density at radius 3 is 2.94 bits per heavy atom. The van der Waals surface area contributed by atoms with E-state index in [9.17, 15) is 13.6 Å². The highest BCUT2D eigenvalue weighted by molar-refractivity contribution is 5.65. The molecule has 2 rings (SSSR count). The van der Waals surface area contributed by atoms with Crippen LogP contribution in [0.5, 0.6) is 5.88 Å². The first-order chi connectivity index (χ1) is 8.06. The third-order valence-corrected chi connectivity index (χ3v) is 2.47. The van der Waals surface area contributed by atoms with Crippen molar-refractivity contribution in [1.29, 1.82) is 0 Å². The van der Waals surface area contributed by atoms with E-state index in [4.69, 9.17) is 9.84 Å². The molecule has 17 heavy (non-hydrogen) atoms. The molecule has 1 unspecified atom stereocenters. The number of hydrogen-bond donors (Lipinski definition) is 1. The van der Waals surface area contributed by atoms with Crippen LogP contribution in [-0.2, 0) is 0 Å². The highest BCUT2D eigenvalue weighted by atomic mass is 19.1. The number of rotatable bonds is 2. The first kappa shape index (κ1) is 11.6. The molecule has 5 nitrogen and oxygen atoms in total. The van der Waals surface area contributed by atoms with Crippen LogP contribution >= 0.6 is 0 Å². The highest BCUT2D eigenvalue weighted by Gasteiger charge is 2.28. The summed E-state index contributed by atoms with van der Waals surface area (Å²) in [5, 5.41) is 8.72. The van der Waals surface area contributed by atoms with Gasteiger partial charge in [-0.3, -0.25) is 0 Å². The highest BCUT2D eigenvalue weighted by Crippen LogP contribution is 2.19. The Balaban J connectivity index is 2.00. The number of carboxylic acid groups (broad SMARTS) is 1. The molecule has 0 bridgehead atoms. The van der Waals surface area contributed by atoms with Gasteiger partial charge in [-0.25, -0.2) is 18.6 Å². The summed E-state index contributed by atoms with van der Waals surface area (Å²) in [6.45, 7) is 0.497. The molecule has 1 aliphatic heterocycles. The fourth-order valence-electron chi connectivity index (χ4n) is 1.64. The molecular weight excluding hydrogens is 234 g/mol. The summed E-state index contributed by atoms with van der Waals surface area (Å²) in [6, 6.07) is 0.673. The number of likely N-dealkylation sites (tertiary alicyclic amines) is 1. The Morgan fingerprint density at radius 2 is 2.35 bits per heavy atom. The smallest absolute Gasteiger partial charge is 0.407 e. The third kappa shape index (κ3) is 2.61. The summed E-state index contributed by atoms with van der Waals surface area (Å²) < 4.78 is 31.0. The zero-order chi connectivity index (χ0) is 12.4. The van der Waals surface area contributed by atoms with Gasteiger partial charge < -0.3 is 14.7 Å². The number of hydrogen-bond acceptors (Lipinski definition) is 3. The minimum Gasteiger partial charge on any atom is -0.470 e. The normalized spacial score (nSPS) is 19.4. The molecule has 0 spiro atoms. The van der Waals surface area contributed by atoms with Gasteiger partial charge in [0, 0.05) is 19.0 Å². The number of pyridine rings is 1. The monoisotopic (exact) mass is 244 g/mol. The molecular formula is C10H10F2N2O3. The molecule has 1 aromatic rings. The number of nitrogens with zero attached hydrogens (tertiary/aromatic N) is 2. The predicted octanol–water partition coefficient (Wildman–Crippen LogP) is 1.49. The lowest BCUT2D eigenvalue weighted by molar-refractivity contribution is 0.143. The molecule has 0 aliphatic carbocycles. The van der Waals surface area contributed by atoms with Crippen LogP contribution in [0.15, 0.2) is 12.3 Å². The van der Waals surface area contributed by atoms with Gasteiger partial charge in [0.15, 0.2) is 5.82 Å². The van der Waals surface area contributed by atoms with Gasteiger partial charge in [0.2, 0.25) is 0 Å². The van der Waals surface area contributed by atoms with Crippen molar-refractivity contribution < 1.29 is 23.4 Å². The lowest BCUT2D eigenvalue weighted by Crippen LogP contribution is -2.29. The zero-order valence-corrected chi connectivity index (χ0v) is 8.77. The van der Waals surface area contributed by atoms with Gasteiger partial charge in [0.25, 0.3) is 5.88 Å². The van der Waals surface area contributed by atoms with Gasteiger partial charge in [-0.2, -0.15) is 0 Å². The number of aromatic nitrogens is 1. The second-order valence-electron chi connectivity index (χ2n) is 3.70. The minimum absolute atomic E-state index is 0.161. The average molecular weight is 244 g/mol. The number of carbonyl (C=O) groups is 1. The van der Waals surface area contributed by atoms with Crippen LogP contribution in [-0.4, -0.2) is 40.3 Å². The summed E-state index contributed by atoms with van der Waals surface area (Å²) >= 11 is 0. The van der Waals surface area contributed by atoms with Crippen LogP contribution in [0.25, 0.3) is 0 Å². The Labute approximate surface area is 95.6 Å². The molecule has 1 atom stereocenters. The average Bonchev–Trinajstić information content (AvgIpc) is 2.71. The summed E-state index contributed by atoms with van der Waals surface area (Å²) in [4.78, 5) is 15.3. The molecule has 0 aromatic carbocycles. The molecule has 0 radical (unpaired) electrons. The summed E-state index contributed by atoms with van der Waals surface area (Å²) in [6.07, 6.45) is -0.171. The van der Waals surface area contributed by atoms with Crippen molar-refractivity contribution in [3.63, 3.8) is 0 Å². The Bertz CT molecular complexity index is 442. The van der Waals surface area contributed by atoms with Gasteiger partial charge in [-0.15, -0.1) is 0 Å². The molecule has 0 saturated carbocycles. The van der Waals surface area contributed by atoms with Crippen molar-refractivity contribution in [3.05, 3.63) is 23.9 Å². The van der Waals surface area contributed by atoms with Crippen molar-refractivity contribution >= 4 is 6.09 Å². The second kappa shape index (κ2) is 4.52. The molecule has 1 N–H and O–H groups in total. The minimum atomic E-state index is -1.04. The largest absolute Gasteiger partial charge is 0.470 e. The maximum Gasteiger partial charge on any atom is 0.407 e. The van der Waals surface area contributed by atoms with E-state index in [0.29, 0.717) is 19.0 Å². The Kier molecular flexibility index (Phi) is 3.08. The van der Waals surface area contributed by atoms with Crippen molar-refractivity contribution in [2.45, 2.75) is 12.5 Å². The van der Waals surface area contributed by atoms with Crippen molar-refractivity contribution in [1.82, 2.24) is 9.88 Å². The summed E-state index contributed by atoms with van der Waals surface area (Å²) in [5.41, 5.74) is 0. The fourth-order valence-corrected chi connectivity index (χ4v) is 1.64. The van der Waals surface area contributed by atoms with E-state index in [-0.39, 0.29) is 12.4 Å². The molecule has 2 heterocycles. The van der Waals surface area contributed by atoms with Crippen LogP contribution in [0.3, 0.4) is 0 Å². The maximum absolute atomic E-state index is 13.2. The van der Waals surface area contributed by atoms with E-state index >= 15 is 0 Å². The molecule has 1 aliphatic rings. The quantitative estimate of drug-likeness (QED) is 0.856. The van der Waals surface area contributed by atoms with E-state index in [1.165, 1.54) is 4.90 Å². The van der Waals surface area contributed by atoms with Gasteiger partial charge in [0.1, 0.15) is 11.9 Å². The molecule has 1 aromatic heterocycles. The Morgan fingerprint density at radius 1 is 1.59 bits per heavy atom. The van der Waals surface area contributed by atoms with E-state index < -0.39 is 23.8 Å². The van der Waals surface area contributed by atoms with Crippen LogP contribution < -0.4 is 4.74 Å². The van der Waals surface area contributed by atoms with Crippen LogP contribution in [0.2, 0.25) is 0 Å². The SMILES string of the molecule is O=C(O)N1CCC(Oc2ncc(F)cc2F)C1. The van der Waals surface area contributed by atoms with E-state index in [1.54, 1.807) is 0 Å². The number of ether oxygens (including phenoxy) is 1. The lowest BCUT2D eigenvalue weighted by Gasteiger charge is -2.13. The van der Waals surface area contributed by atoms with Crippen molar-refractivity contribution in [2.24, 2.45) is 0 Å². The summed E-state index contributed by atoms with van der Waals surface area (Å²) in [5.74, 6) is -1.98. The number of amides is 1. The summed E-state index contributed by atoms with van der Waals surface area (Å²) in [7, 11) is 0. The topological polar surface area (TPSA) is 62.7 Å². The second-order valence-corrected chi connectivity index (χ2v) is 3.70. The van der Waals surface area contributed by atoms with E-state index in [0.717, 1.165) is 6.20 Å². The molecule has 1 fully saturated rings. The van der Waals surface area contributed by atoms with Crippen molar-refractivity contribution in [3.8, 4) is 5.88 Å². The molecule has 92 valence electrons. The van der Waals surface area contributed by atoms with Gasteiger partial charge in [-0.05, 0) is 0 Å². The number of halogens is 2. The standard InChI is InChI=1S/C10H10F2N2O3/c11-6-3-8(12)9(13-4-6)17-7-1-2-14(5-7)10(15)16/h3-4,7H,1-2,5H2,(H,15,16). The van der Waals surface area contributed by atoms with E-state index in [2.05, 4.69) is 4.98 Å². The predicted molar refractivity (Wildman–Crippen MR) is 52.8 cm³/mol. The zero-order valence-electron chi connectivity index (χ0n) is 8.77. The van der Waals surface area contributed by atoms with E-state index in [1.807, 2.05) is 0 Å². The van der Waals surface area contributed by atoms with Gasteiger partial charge >= 0.3 is 6.09 Å². The van der Waals surface area contributed by atoms with Gasteiger partial charge in [0.05, 0.1) is 12.7 Å². The Hall–Kier alpha value is -1.92. The van der Waals surface area contributed by atoms with Crippen molar-refractivity contribution in [2.75, 3.05) is 13.1 Å². The van der Waals surface area contributed by atoms with Gasteiger partial charge in [-0.1, -0.05) is 0 Å². The van der Waals surface area contributed by atoms with Crippen LogP contribution in [0.1, 0.15) is 6.42 Å². The lowest BCUT2D eigenvalue weighted by atomic mass is 10.3. The fraction of sp³-hybridized carbons (Fsp3) is 0.400.